The van der Waals surface area contributed by atoms with Crippen LogP contribution < -0.4 is 10.5 Å². The van der Waals surface area contributed by atoms with Gasteiger partial charge in [-0.05, 0) is 69.0 Å². The van der Waals surface area contributed by atoms with E-state index in [4.69, 9.17) is 10.5 Å². The van der Waals surface area contributed by atoms with Gasteiger partial charge in [0.25, 0.3) is 0 Å². The second-order valence-corrected chi connectivity index (χ2v) is 5.38. The summed E-state index contributed by atoms with van der Waals surface area (Å²) in [6.45, 7) is 10.7. The first kappa shape index (κ1) is 14.5. The number of hydrogen-bond donors (Lipinski definition) is 1. The molecule has 106 valence electrons. The fourth-order valence-corrected chi connectivity index (χ4v) is 2.37. The van der Waals surface area contributed by atoms with Crippen LogP contribution in [-0.2, 0) is 6.54 Å². The summed E-state index contributed by atoms with van der Waals surface area (Å²) in [5.74, 6) is 1.48. The molecule has 0 aliphatic carbocycles. The molecule has 0 atom stereocenters. The maximum atomic E-state index is 6.06. The molecule has 3 heteroatoms. The number of ether oxygens (including phenoxy) is 1. The summed E-state index contributed by atoms with van der Waals surface area (Å²) < 4.78 is 6.06. The molecule has 20 heavy (non-hydrogen) atoms. The molecular weight excluding hydrogens is 248 g/mol. The summed E-state index contributed by atoms with van der Waals surface area (Å²) in [4.78, 5) is 4.50. The van der Waals surface area contributed by atoms with E-state index in [1.54, 1.807) is 0 Å². The van der Waals surface area contributed by atoms with Crippen LogP contribution in [0.1, 0.15) is 33.5 Å². The van der Waals surface area contributed by atoms with Crippen LogP contribution in [0.15, 0.2) is 18.2 Å². The average molecular weight is 270 g/mol. The summed E-state index contributed by atoms with van der Waals surface area (Å²) in [5, 5.41) is 0. The van der Waals surface area contributed by atoms with Crippen LogP contribution in [0.3, 0.4) is 0 Å². The second-order valence-electron chi connectivity index (χ2n) is 5.38. The number of benzene rings is 1. The highest BCUT2D eigenvalue weighted by molar-refractivity contribution is 5.45. The molecule has 0 unspecified atom stereocenters. The average Bonchev–Trinajstić information content (AvgIpc) is 2.35. The molecule has 0 aliphatic rings. The van der Waals surface area contributed by atoms with Crippen LogP contribution >= 0.6 is 0 Å². The third kappa shape index (κ3) is 2.83. The zero-order valence-corrected chi connectivity index (χ0v) is 12.9. The van der Waals surface area contributed by atoms with E-state index in [0.29, 0.717) is 12.4 Å². The van der Waals surface area contributed by atoms with E-state index in [2.05, 4.69) is 31.8 Å². The SMILES string of the molecule is Cc1cc(C)c(C)c(Oc2nc(C)cc(C)c2CN)c1. The van der Waals surface area contributed by atoms with Crippen LogP contribution in [0.5, 0.6) is 11.6 Å². The summed E-state index contributed by atoms with van der Waals surface area (Å²) in [6, 6.07) is 6.23. The number of aryl methyl sites for hydroxylation is 4. The summed E-state index contributed by atoms with van der Waals surface area (Å²) >= 11 is 0. The predicted molar refractivity (Wildman–Crippen MR) is 82.3 cm³/mol. The van der Waals surface area contributed by atoms with Gasteiger partial charge in [0.1, 0.15) is 5.75 Å². The van der Waals surface area contributed by atoms with Gasteiger partial charge in [0.15, 0.2) is 0 Å². The van der Waals surface area contributed by atoms with Crippen molar-refractivity contribution in [1.82, 2.24) is 4.98 Å². The molecule has 0 bridgehead atoms. The van der Waals surface area contributed by atoms with Gasteiger partial charge in [-0.3, -0.25) is 0 Å². The zero-order chi connectivity index (χ0) is 14.9. The number of nitrogens with zero attached hydrogens (tertiary/aromatic N) is 1. The van der Waals surface area contributed by atoms with Crippen molar-refractivity contribution < 1.29 is 4.74 Å². The van der Waals surface area contributed by atoms with E-state index >= 15 is 0 Å². The Balaban J connectivity index is 2.50. The van der Waals surface area contributed by atoms with Gasteiger partial charge >= 0.3 is 0 Å². The number of hydrogen-bond acceptors (Lipinski definition) is 3. The van der Waals surface area contributed by atoms with Crippen molar-refractivity contribution in [2.24, 2.45) is 5.73 Å². The van der Waals surface area contributed by atoms with Gasteiger partial charge in [-0.2, -0.15) is 0 Å². The molecule has 2 rings (SSSR count). The van der Waals surface area contributed by atoms with Crippen molar-refractivity contribution in [1.29, 1.82) is 0 Å². The lowest BCUT2D eigenvalue weighted by Crippen LogP contribution is -2.05. The van der Waals surface area contributed by atoms with Crippen LogP contribution in [0, 0.1) is 34.6 Å². The molecule has 0 saturated carbocycles. The molecular formula is C17H22N2O. The third-order valence-electron chi connectivity index (χ3n) is 3.61. The normalized spacial score (nSPS) is 10.7. The Morgan fingerprint density at radius 3 is 2.35 bits per heavy atom. The summed E-state index contributed by atoms with van der Waals surface area (Å²) in [7, 11) is 0. The first-order valence-corrected chi connectivity index (χ1v) is 6.85. The zero-order valence-electron chi connectivity index (χ0n) is 12.9. The smallest absolute Gasteiger partial charge is 0.224 e. The minimum Gasteiger partial charge on any atom is -0.438 e. The maximum Gasteiger partial charge on any atom is 0.224 e. The van der Waals surface area contributed by atoms with E-state index in [1.165, 1.54) is 11.1 Å². The van der Waals surface area contributed by atoms with Gasteiger partial charge in [-0.1, -0.05) is 6.07 Å². The third-order valence-corrected chi connectivity index (χ3v) is 3.61. The molecule has 2 aromatic rings. The standard InChI is InChI=1S/C17H22N2O/c1-10-6-11(2)14(5)16(7-10)20-17-15(9-18)12(3)8-13(4)19-17/h6-8H,9,18H2,1-5H3. The number of pyridine rings is 1. The molecule has 1 aromatic heterocycles. The Morgan fingerprint density at radius 2 is 1.70 bits per heavy atom. The highest BCUT2D eigenvalue weighted by Gasteiger charge is 2.12. The maximum absolute atomic E-state index is 6.06. The van der Waals surface area contributed by atoms with Crippen molar-refractivity contribution in [3.05, 3.63) is 51.7 Å². The van der Waals surface area contributed by atoms with Crippen LogP contribution in [0.2, 0.25) is 0 Å². The molecule has 0 saturated heterocycles. The highest BCUT2D eigenvalue weighted by atomic mass is 16.5. The molecule has 0 aliphatic heterocycles. The lowest BCUT2D eigenvalue weighted by atomic mass is 10.1. The van der Waals surface area contributed by atoms with Crippen molar-refractivity contribution in [3.63, 3.8) is 0 Å². The van der Waals surface area contributed by atoms with Gasteiger partial charge in [0.2, 0.25) is 5.88 Å². The van der Waals surface area contributed by atoms with E-state index in [9.17, 15) is 0 Å². The molecule has 3 nitrogen and oxygen atoms in total. The van der Waals surface area contributed by atoms with Crippen molar-refractivity contribution in [2.75, 3.05) is 0 Å². The Morgan fingerprint density at radius 1 is 1.00 bits per heavy atom. The largest absolute Gasteiger partial charge is 0.438 e. The Kier molecular flexibility index (Phi) is 4.09. The first-order valence-electron chi connectivity index (χ1n) is 6.85. The molecule has 0 fully saturated rings. The quantitative estimate of drug-likeness (QED) is 0.921. The molecule has 1 heterocycles. The van der Waals surface area contributed by atoms with Crippen molar-refractivity contribution in [2.45, 2.75) is 41.2 Å². The van der Waals surface area contributed by atoms with Crippen LogP contribution in [-0.4, -0.2) is 4.98 Å². The van der Waals surface area contributed by atoms with Crippen molar-refractivity contribution in [3.8, 4) is 11.6 Å². The number of rotatable bonds is 3. The van der Waals surface area contributed by atoms with E-state index in [0.717, 1.165) is 28.1 Å². The van der Waals surface area contributed by atoms with Gasteiger partial charge in [-0.25, -0.2) is 4.98 Å². The second kappa shape index (κ2) is 5.63. The first-order chi connectivity index (χ1) is 9.42. The minimum atomic E-state index is 0.429. The summed E-state index contributed by atoms with van der Waals surface area (Å²) in [5.41, 5.74) is 12.4. The minimum absolute atomic E-state index is 0.429. The van der Waals surface area contributed by atoms with E-state index in [1.807, 2.05) is 26.0 Å². The fourth-order valence-electron chi connectivity index (χ4n) is 2.37. The fraction of sp³-hybridized carbons (Fsp3) is 0.353. The van der Waals surface area contributed by atoms with Crippen LogP contribution in [0.25, 0.3) is 0 Å². The number of aromatic nitrogens is 1. The number of nitrogens with two attached hydrogens (primary N) is 1. The lowest BCUT2D eigenvalue weighted by molar-refractivity contribution is 0.450. The molecule has 0 spiro atoms. The molecule has 0 radical (unpaired) electrons. The van der Waals surface area contributed by atoms with Gasteiger partial charge in [0, 0.05) is 17.8 Å². The topological polar surface area (TPSA) is 48.1 Å². The van der Waals surface area contributed by atoms with Crippen LogP contribution in [0.4, 0.5) is 0 Å². The lowest BCUT2D eigenvalue weighted by Gasteiger charge is -2.15. The highest BCUT2D eigenvalue weighted by Crippen LogP contribution is 2.30. The predicted octanol–water partition coefficient (Wildman–Crippen LogP) is 3.87. The van der Waals surface area contributed by atoms with Gasteiger partial charge in [-0.15, -0.1) is 0 Å². The Hall–Kier alpha value is -1.87. The summed E-state index contributed by atoms with van der Waals surface area (Å²) in [6.07, 6.45) is 0. The van der Waals surface area contributed by atoms with Gasteiger partial charge < -0.3 is 10.5 Å². The van der Waals surface area contributed by atoms with E-state index < -0.39 is 0 Å². The van der Waals surface area contributed by atoms with E-state index in [-0.39, 0.29) is 0 Å². The van der Waals surface area contributed by atoms with Gasteiger partial charge in [0.05, 0.1) is 0 Å². The Labute approximate surface area is 120 Å². The van der Waals surface area contributed by atoms with Crippen molar-refractivity contribution >= 4 is 0 Å². The molecule has 0 amide bonds. The monoisotopic (exact) mass is 270 g/mol. The molecule has 2 N–H and O–H groups in total. The molecule has 1 aromatic carbocycles. The Bertz CT molecular complexity index is 648.